The van der Waals surface area contributed by atoms with Crippen molar-refractivity contribution in [3.05, 3.63) is 102 Å². The van der Waals surface area contributed by atoms with Crippen LogP contribution in [0.25, 0.3) is 10.8 Å². The van der Waals surface area contributed by atoms with Crippen molar-refractivity contribution in [3.8, 4) is 11.5 Å². The second-order valence-electron chi connectivity index (χ2n) is 6.71. The zero-order chi connectivity index (χ0) is 20.8. The van der Waals surface area contributed by atoms with Crippen molar-refractivity contribution < 1.29 is 14.3 Å². The van der Waals surface area contributed by atoms with Crippen LogP contribution in [0.4, 0.5) is 5.69 Å². The quantitative estimate of drug-likeness (QED) is 0.222. The summed E-state index contributed by atoms with van der Waals surface area (Å²) in [4.78, 5) is 16.8. The van der Waals surface area contributed by atoms with Crippen molar-refractivity contribution >= 4 is 28.6 Å². The molecule has 0 amide bonds. The zero-order valence-corrected chi connectivity index (χ0v) is 16.6. The highest BCUT2D eigenvalue weighted by Gasteiger charge is 2.08. The van der Waals surface area contributed by atoms with Gasteiger partial charge in [0.25, 0.3) is 0 Å². The lowest BCUT2D eigenvalue weighted by Gasteiger charge is -2.06. The maximum absolute atomic E-state index is 12.3. The second-order valence-corrected chi connectivity index (χ2v) is 6.71. The Kier molecular flexibility index (Phi) is 5.85. The van der Waals surface area contributed by atoms with Gasteiger partial charge in [0.15, 0.2) is 0 Å². The maximum Gasteiger partial charge on any atom is 0.343 e. The smallest absolute Gasteiger partial charge is 0.343 e. The van der Waals surface area contributed by atoms with Crippen LogP contribution in [0.15, 0.2) is 96.0 Å². The molecule has 148 valence electrons. The fourth-order valence-electron chi connectivity index (χ4n) is 3.05. The summed E-state index contributed by atoms with van der Waals surface area (Å²) < 4.78 is 10.8. The Morgan fingerprint density at radius 1 is 0.833 bits per heavy atom. The minimum absolute atomic E-state index is 0.407. The molecular formula is C26H21NO3. The van der Waals surface area contributed by atoms with Crippen LogP contribution in [0, 0.1) is 0 Å². The summed E-state index contributed by atoms with van der Waals surface area (Å²) in [6, 6.07) is 28.4. The number of carbonyl (C=O) groups excluding carboxylic acids is 1. The molecular weight excluding hydrogens is 374 g/mol. The fraction of sp³-hybridized carbons (Fsp3) is 0.0769. The van der Waals surface area contributed by atoms with E-state index in [1.165, 1.54) is 5.39 Å². The van der Waals surface area contributed by atoms with Gasteiger partial charge in [-0.15, -0.1) is 0 Å². The fourth-order valence-corrected chi connectivity index (χ4v) is 3.05. The van der Waals surface area contributed by atoms with Crippen LogP contribution in [-0.4, -0.2) is 18.8 Å². The van der Waals surface area contributed by atoms with E-state index in [1.807, 2.05) is 37.3 Å². The van der Waals surface area contributed by atoms with Crippen molar-refractivity contribution in [2.24, 2.45) is 4.99 Å². The van der Waals surface area contributed by atoms with Crippen LogP contribution < -0.4 is 9.47 Å². The molecule has 0 atom stereocenters. The van der Waals surface area contributed by atoms with Crippen LogP contribution in [-0.2, 0) is 0 Å². The highest BCUT2D eigenvalue weighted by Crippen LogP contribution is 2.21. The molecule has 0 aliphatic heterocycles. The Morgan fingerprint density at radius 2 is 1.53 bits per heavy atom. The summed E-state index contributed by atoms with van der Waals surface area (Å²) in [6.45, 7) is 2.50. The Bertz CT molecular complexity index is 1180. The van der Waals surface area contributed by atoms with Gasteiger partial charge in [-0.1, -0.05) is 30.3 Å². The lowest BCUT2D eigenvalue weighted by atomic mass is 10.1. The number of benzene rings is 4. The number of nitrogens with zero attached hydrogens (tertiary/aromatic N) is 1. The van der Waals surface area contributed by atoms with E-state index in [0.29, 0.717) is 17.9 Å². The molecule has 0 heterocycles. The first kappa shape index (κ1) is 19.4. The van der Waals surface area contributed by atoms with Gasteiger partial charge in [-0.3, -0.25) is 4.99 Å². The molecule has 0 unspecified atom stereocenters. The van der Waals surface area contributed by atoms with Gasteiger partial charge in [0.05, 0.1) is 17.9 Å². The molecule has 0 spiro atoms. The number of esters is 1. The number of fused-ring (bicyclic) bond motifs is 1. The SMILES string of the molecule is CCOc1ccc(C(=O)Oc2ccc(C=Nc3ccc4ccccc4c3)cc2)cc1. The topological polar surface area (TPSA) is 47.9 Å². The lowest BCUT2D eigenvalue weighted by Crippen LogP contribution is -2.08. The van der Waals surface area contributed by atoms with Crippen molar-refractivity contribution in [2.75, 3.05) is 6.61 Å². The number of rotatable bonds is 6. The molecule has 4 aromatic rings. The van der Waals surface area contributed by atoms with Gasteiger partial charge in [-0.2, -0.15) is 0 Å². The van der Waals surface area contributed by atoms with Crippen LogP contribution in [0.5, 0.6) is 11.5 Å². The number of carbonyl (C=O) groups is 1. The first-order valence-corrected chi connectivity index (χ1v) is 9.79. The van der Waals surface area contributed by atoms with E-state index in [4.69, 9.17) is 9.47 Å². The number of hydrogen-bond donors (Lipinski definition) is 0. The first-order chi connectivity index (χ1) is 14.7. The van der Waals surface area contributed by atoms with Gasteiger partial charge in [0.2, 0.25) is 0 Å². The van der Waals surface area contributed by atoms with E-state index >= 15 is 0 Å². The van der Waals surface area contributed by atoms with Crippen molar-refractivity contribution in [3.63, 3.8) is 0 Å². The third kappa shape index (κ3) is 4.73. The summed E-state index contributed by atoms with van der Waals surface area (Å²) in [5.74, 6) is 0.802. The predicted molar refractivity (Wildman–Crippen MR) is 120 cm³/mol. The van der Waals surface area contributed by atoms with Crippen LogP contribution >= 0.6 is 0 Å². The van der Waals surface area contributed by atoms with Crippen molar-refractivity contribution in [1.29, 1.82) is 0 Å². The molecule has 0 fully saturated rings. The summed E-state index contributed by atoms with van der Waals surface area (Å²) in [6.07, 6.45) is 1.79. The van der Waals surface area contributed by atoms with E-state index in [1.54, 1.807) is 42.6 Å². The molecule has 4 nitrogen and oxygen atoms in total. The third-order valence-corrected chi connectivity index (χ3v) is 4.59. The first-order valence-electron chi connectivity index (χ1n) is 9.79. The highest BCUT2D eigenvalue weighted by molar-refractivity contribution is 5.91. The zero-order valence-electron chi connectivity index (χ0n) is 16.6. The number of hydrogen-bond acceptors (Lipinski definition) is 4. The van der Waals surface area contributed by atoms with Crippen LogP contribution in [0.3, 0.4) is 0 Å². The largest absolute Gasteiger partial charge is 0.494 e. The van der Waals surface area contributed by atoms with Gasteiger partial charge in [0, 0.05) is 6.21 Å². The second kappa shape index (κ2) is 9.05. The summed E-state index contributed by atoms with van der Waals surface area (Å²) in [5, 5.41) is 2.35. The van der Waals surface area contributed by atoms with Gasteiger partial charge in [-0.25, -0.2) is 4.79 Å². The van der Waals surface area contributed by atoms with Gasteiger partial charge in [0.1, 0.15) is 11.5 Å². The molecule has 30 heavy (non-hydrogen) atoms. The Labute approximate surface area is 175 Å². The molecule has 0 N–H and O–H groups in total. The van der Waals surface area contributed by atoms with E-state index in [9.17, 15) is 4.79 Å². The molecule has 4 heteroatoms. The molecule has 0 aliphatic carbocycles. The monoisotopic (exact) mass is 395 g/mol. The maximum atomic E-state index is 12.3. The molecule has 0 bridgehead atoms. The van der Waals surface area contributed by atoms with Crippen LogP contribution in [0.1, 0.15) is 22.8 Å². The molecule has 0 saturated heterocycles. The molecule has 4 aromatic carbocycles. The molecule has 0 saturated carbocycles. The molecule has 4 rings (SSSR count). The Hall–Kier alpha value is -3.92. The predicted octanol–water partition coefficient (Wildman–Crippen LogP) is 6.21. The number of aliphatic imine (C=N–C) groups is 1. The van der Waals surface area contributed by atoms with Gasteiger partial charge in [-0.05, 0) is 83.9 Å². The van der Waals surface area contributed by atoms with Crippen LogP contribution in [0.2, 0.25) is 0 Å². The molecule has 0 aromatic heterocycles. The minimum Gasteiger partial charge on any atom is -0.494 e. The molecule has 0 aliphatic rings. The van der Waals surface area contributed by atoms with Gasteiger partial charge >= 0.3 is 5.97 Å². The minimum atomic E-state index is -0.407. The summed E-state index contributed by atoms with van der Waals surface area (Å²) in [7, 11) is 0. The molecule has 0 radical (unpaired) electrons. The third-order valence-electron chi connectivity index (χ3n) is 4.59. The Morgan fingerprint density at radius 3 is 2.27 bits per heavy atom. The van der Waals surface area contributed by atoms with Gasteiger partial charge < -0.3 is 9.47 Å². The summed E-state index contributed by atoms with van der Waals surface area (Å²) >= 11 is 0. The standard InChI is InChI=1S/C26H21NO3/c1-2-29-24-15-10-21(11-16-24)26(28)30-25-13-7-19(8-14-25)18-27-23-12-9-20-5-3-4-6-22(20)17-23/h3-18H,2H2,1H3. The normalized spacial score (nSPS) is 11.0. The average Bonchev–Trinajstić information content (AvgIpc) is 2.79. The lowest BCUT2D eigenvalue weighted by molar-refractivity contribution is 0.0734. The van der Waals surface area contributed by atoms with E-state index in [0.717, 1.165) is 22.4 Å². The van der Waals surface area contributed by atoms with Crippen molar-refractivity contribution in [1.82, 2.24) is 0 Å². The van der Waals surface area contributed by atoms with E-state index < -0.39 is 5.97 Å². The van der Waals surface area contributed by atoms with Crippen molar-refractivity contribution in [2.45, 2.75) is 6.92 Å². The average molecular weight is 395 g/mol. The highest BCUT2D eigenvalue weighted by atomic mass is 16.5. The summed E-state index contributed by atoms with van der Waals surface area (Å²) in [5.41, 5.74) is 2.28. The number of ether oxygens (including phenoxy) is 2. The van der Waals surface area contributed by atoms with E-state index in [2.05, 4.69) is 29.3 Å². The Balaban J connectivity index is 1.40. The van der Waals surface area contributed by atoms with E-state index in [-0.39, 0.29) is 0 Å².